The number of hydrogen-bond acceptors (Lipinski definition) is 5. The molecule has 2 aromatic rings. The summed E-state index contributed by atoms with van der Waals surface area (Å²) >= 11 is 6.12. The van der Waals surface area contributed by atoms with Crippen LogP contribution in [0.25, 0.3) is 0 Å². The van der Waals surface area contributed by atoms with Crippen molar-refractivity contribution in [1.29, 1.82) is 5.26 Å². The van der Waals surface area contributed by atoms with E-state index in [1.165, 1.54) is 0 Å². The summed E-state index contributed by atoms with van der Waals surface area (Å²) in [7, 11) is 0. The number of anilines is 1. The van der Waals surface area contributed by atoms with Gasteiger partial charge in [-0.15, -0.1) is 0 Å². The third-order valence-corrected chi connectivity index (χ3v) is 4.23. The fourth-order valence-corrected chi connectivity index (χ4v) is 2.99. The minimum absolute atomic E-state index is 0.369. The molecule has 6 heteroatoms. The van der Waals surface area contributed by atoms with Crippen molar-refractivity contribution < 1.29 is 4.74 Å². The second-order valence-corrected chi connectivity index (χ2v) is 5.94. The Kier molecular flexibility index (Phi) is 4.94. The van der Waals surface area contributed by atoms with Crippen LogP contribution in [0.2, 0.25) is 5.02 Å². The lowest BCUT2D eigenvalue weighted by Gasteiger charge is -2.33. The Morgan fingerprint density at radius 2 is 2.13 bits per heavy atom. The van der Waals surface area contributed by atoms with E-state index in [9.17, 15) is 5.26 Å². The number of nitriles is 1. The van der Waals surface area contributed by atoms with E-state index in [2.05, 4.69) is 20.9 Å². The Hall–Kier alpha value is -2.32. The van der Waals surface area contributed by atoms with Gasteiger partial charge in [0.2, 0.25) is 0 Å². The predicted octanol–water partition coefficient (Wildman–Crippen LogP) is 3.30. The lowest BCUT2D eigenvalue weighted by molar-refractivity contribution is 0.228. The average molecular weight is 329 g/mol. The van der Waals surface area contributed by atoms with E-state index in [4.69, 9.17) is 16.3 Å². The van der Waals surface area contributed by atoms with Crippen molar-refractivity contribution in [3.63, 3.8) is 0 Å². The van der Waals surface area contributed by atoms with Gasteiger partial charge in [-0.05, 0) is 25.0 Å². The first-order valence-corrected chi connectivity index (χ1v) is 7.99. The molecule has 5 nitrogen and oxygen atoms in total. The number of hydrogen-bond donors (Lipinski definition) is 0. The highest BCUT2D eigenvalue weighted by atomic mass is 35.5. The molecule has 1 unspecified atom stereocenters. The minimum Gasteiger partial charge on any atom is -0.492 e. The largest absolute Gasteiger partial charge is 0.492 e. The van der Waals surface area contributed by atoms with Crippen molar-refractivity contribution in [2.75, 3.05) is 24.6 Å². The minimum atomic E-state index is 0.369. The first-order chi connectivity index (χ1) is 11.3. The van der Waals surface area contributed by atoms with Gasteiger partial charge in [-0.1, -0.05) is 23.7 Å². The smallest absolute Gasteiger partial charge is 0.183 e. The number of para-hydroxylation sites is 1. The number of rotatable bonds is 4. The zero-order valence-electron chi connectivity index (χ0n) is 12.7. The third kappa shape index (κ3) is 3.72. The van der Waals surface area contributed by atoms with Crippen molar-refractivity contribution in [2.24, 2.45) is 5.92 Å². The zero-order valence-corrected chi connectivity index (χ0v) is 13.4. The maximum absolute atomic E-state index is 9.18. The fourth-order valence-electron chi connectivity index (χ4n) is 2.80. The Balaban J connectivity index is 1.65. The van der Waals surface area contributed by atoms with E-state index in [1.54, 1.807) is 12.4 Å². The second-order valence-electron chi connectivity index (χ2n) is 5.54. The van der Waals surface area contributed by atoms with Gasteiger partial charge in [-0.25, -0.2) is 9.97 Å². The maximum atomic E-state index is 9.18. The highest BCUT2D eigenvalue weighted by Gasteiger charge is 2.23. The number of piperidine rings is 1. The van der Waals surface area contributed by atoms with Crippen LogP contribution in [-0.2, 0) is 0 Å². The standard InChI is InChI=1S/C17H17ClN4O/c18-14-5-1-2-6-16(14)23-12-13-4-3-9-22(11-13)17-15(10-19)20-7-8-21-17/h1-2,5-8,13H,3-4,9,11-12H2. The Labute approximate surface area is 140 Å². The van der Waals surface area contributed by atoms with Crippen LogP contribution < -0.4 is 9.64 Å². The summed E-state index contributed by atoms with van der Waals surface area (Å²) in [5.41, 5.74) is 0.375. The van der Waals surface area contributed by atoms with Crippen molar-refractivity contribution in [3.8, 4) is 11.8 Å². The van der Waals surface area contributed by atoms with Gasteiger partial charge in [0.25, 0.3) is 0 Å². The second kappa shape index (κ2) is 7.30. The predicted molar refractivity (Wildman–Crippen MR) is 88.6 cm³/mol. The highest BCUT2D eigenvalue weighted by Crippen LogP contribution is 2.27. The molecule has 118 valence electrons. The van der Waals surface area contributed by atoms with E-state index >= 15 is 0 Å². The van der Waals surface area contributed by atoms with E-state index in [1.807, 2.05) is 24.3 Å². The van der Waals surface area contributed by atoms with E-state index in [-0.39, 0.29) is 0 Å². The van der Waals surface area contributed by atoms with Gasteiger partial charge < -0.3 is 9.64 Å². The third-order valence-electron chi connectivity index (χ3n) is 3.91. The van der Waals surface area contributed by atoms with Crippen molar-refractivity contribution in [3.05, 3.63) is 47.4 Å². The zero-order chi connectivity index (χ0) is 16.1. The maximum Gasteiger partial charge on any atom is 0.183 e. The molecule has 0 aliphatic carbocycles. The van der Waals surface area contributed by atoms with Crippen molar-refractivity contribution in [2.45, 2.75) is 12.8 Å². The summed E-state index contributed by atoms with van der Waals surface area (Å²) in [6.07, 6.45) is 5.30. The molecule has 1 aromatic carbocycles. The van der Waals surface area contributed by atoms with Gasteiger partial charge in [0.15, 0.2) is 11.5 Å². The van der Waals surface area contributed by atoms with Crippen LogP contribution in [-0.4, -0.2) is 29.7 Å². The van der Waals surface area contributed by atoms with Gasteiger partial charge in [-0.2, -0.15) is 5.26 Å². The van der Waals surface area contributed by atoms with E-state index < -0.39 is 0 Å². The lowest BCUT2D eigenvalue weighted by atomic mass is 9.99. The van der Waals surface area contributed by atoms with E-state index in [0.29, 0.717) is 34.8 Å². The number of benzene rings is 1. The molecule has 1 saturated heterocycles. The Morgan fingerprint density at radius 1 is 1.30 bits per heavy atom. The summed E-state index contributed by atoms with van der Waals surface area (Å²) in [5.74, 6) is 1.74. The molecular weight excluding hydrogens is 312 g/mol. The molecule has 1 aliphatic heterocycles. The molecule has 0 bridgehead atoms. The molecule has 1 aliphatic rings. The van der Waals surface area contributed by atoms with Crippen molar-refractivity contribution >= 4 is 17.4 Å². The van der Waals surface area contributed by atoms with Gasteiger partial charge in [0.1, 0.15) is 11.8 Å². The van der Waals surface area contributed by atoms with Gasteiger partial charge >= 0.3 is 0 Å². The summed E-state index contributed by atoms with van der Waals surface area (Å²) < 4.78 is 5.86. The molecule has 2 heterocycles. The first-order valence-electron chi connectivity index (χ1n) is 7.61. The van der Waals surface area contributed by atoms with Crippen LogP contribution in [0.5, 0.6) is 5.75 Å². The van der Waals surface area contributed by atoms with Crippen LogP contribution in [0, 0.1) is 17.2 Å². The molecule has 23 heavy (non-hydrogen) atoms. The normalized spacial score (nSPS) is 17.6. The summed E-state index contributed by atoms with van der Waals surface area (Å²) in [6, 6.07) is 9.60. The van der Waals surface area contributed by atoms with Gasteiger partial charge in [0.05, 0.1) is 11.6 Å². The van der Waals surface area contributed by atoms with Crippen LogP contribution >= 0.6 is 11.6 Å². The summed E-state index contributed by atoms with van der Waals surface area (Å²) in [5, 5.41) is 9.80. The molecule has 0 radical (unpaired) electrons. The molecule has 0 spiro atoms. The average Bonchev–Trinajstić information content (AvgIpc) is 2.61. The molecule has 1 atom stereocenters. The summed E-state index contributed by atoms with van der Waals surface area (Å²) in [4.78, 5) is 10.5. The van der Waals surface area contributed by atoms with Crippen LogP contribution in [0.1, 0.15) is 18.5 Å². The molecule has 0 amide bonds. The number of nitrogens with zero attached hydrogens (tertiary/aromatic N) is 4. The monoisotopic (exact) mass is 328 g/mol. The number of aromatic nitrogens is 2. The van der Waals surface area contributed by atoms with Crippen molar-refractivity contribution in [1.82, 2.24) is 9.97 Å². The van der Waals surface area contributed by atoms with Gasteiger partial charge in [-0.3, -0.25) is 0 Å². The molecule has 0 N–H and O–H groups in total. The fraction of sp³-hybridized carbons (Fsp3) is 0.353. The molecule has 1 aromatic heterocycles. The Morgan fingerprint density at radius 3 is 2.96 bits per heavy atom. The van der Waals surface area contributed by atoms with Crippen LogP contribution in [0.4, 0.5) is 5.82 Å². The first kappa shape index (κ1) is 15.6. The molecule has 3 rings (SSSR count). The number of halogens is 1. The van der Waals surface area contributed by atoms with Crippen LogP contribution in [0.3, 0.4) is 0 Å². The van der Waals surface area contributed by atoms with E-state index in [0.717, 1.165) is 25.9 Å². The summed E-state index contributed by atoms with van der Waals surface area (Å²) in [6.45, 7) is 2.29. The Bertz CT molecular complexity index is 716. The molecule has 0 saturated carbocycles. The van der Waals surface area contributed by atoms with Gasteiger partial charge in [0, 0.05) is 31.4 Å². The SMILES string of the molecule is N#Cc1nccnc1N1CCCC(COc2ccccc2Cl)C1. The molecular formula is C17H17ClN4O. The lowest BCUT2D eigenvalue weighted by Crippen LogP contribution is -2.38. The van der Waals surface area contributed by atoms with Crippen LogP contribution in [0.15, 0.2) is 36.7 Å². The highest BCUT2D eigenvalue weighted by molar-refractivity contribution is 6.32. The quantitative estimate of drug-likeness (QED) is 0.861. The number of ether oxygens (including phenoxy) is 1. The topological polar surface area (TPSA) is 62.0 Å². The molecule has 1 fully saturated rings.